The van der Waals surface area contributed by atoms with Crippen LogP contribution in [-0.2, 0) is 6.54 Å². The van der Waals surface area contributed by atoms with Crippen LogP contribution >= 0.6 is 0 Å². The molecular weight excluding hydrogens is 211 g/mol. The monoisotopic (exact) mass is 217 g/mol. The Bertz CT molecular complexity index is 540. The lowest BCUT2D eigenvalue weighted by atomic mass is 10.4. The van der Waals surface area contributed by atoms with Gasteiger partial charge in [-0.15, -0.1) is 0 Å². The lowest BCUT2D eigenvalue weighted by Gasteiger charge is -2.06. The van der Waals surface area contributed by atoms with Gasteiger partial charge in [-0.25, -0.2) is 4.79 Å². The van der Waals surface area contributed by atoms with Gasteiger partial charge in [-0.2, -0.15) is 13.2 Å². The first-order valence-electron chi connectivity index (χ1n) is 4.07. The number of H-pyrrole nitrogens is 1. The number of fused-ring (bicyclic) bond motifs is 1. The van der Waals surface area contributed by atoms with E-state index in [0.717, 1.165) is 0 Å². The topological polar surface area (TPSA) is 50.7 Å². The molecule has 2 aromatic heterocycles. The van der Waals surface area contributed by atoms with E-state index >= 15 is 0 Å². The zero-order valence-corrected chi connectivity index (χ0v) is 7.38. The summed E-state index contributed by atoms with van der Waals surface area (Å²) in [5.74, 6) is 0. The van der Waals surface area contributed by atoms with Crippen LogP contribution in [0.3, 0.4) is 0 Å². The Morgan fingerprint density at radius 2 is 2.20 bits per heavy atom. The van der Waals surface area contributed by atoms with Crippen LogP contribution in [0.4, 0.5) is 13.2 Å². The van der Waals surface area contributed by atoms with Crippen LogP contribution in [0.25, 0.3) is 11.0 Å². The summed E-state index contributed by atoms with van der Waals surface area (Å²) < 4.78 is 37.0. The molecule has 0 spiro atoms. The highest BCUT2D eigenvalue weighted by Crippen LogP contribution is 2.18. The van der Waals surface area contributed by atoms with E-state index in [-0.39, 0.29) is 5.52 Å². The maximum Gasteiger partial charge on any atom is 0.406 e. The largest absolute Gasteiger partial charge is 0.406 e. The van der Waals surface area contributed by atoms with Crippen LogP contribution in [0.2, 0.25) is 0 Å². The molecule has 80 valence electrons. The second-order valence-corrected chi connectivity index (χ2v) is 3.02. The normalized spacial score (nSPS) is 12.2. The Hall–Kier alpha value is -1.79. The summed E-state index contributed by atoms with van der Waals surface area (Å²) in [5.41, 5.74) is -0.283. The fourth-order valence-electron chi connectivity index (χ4n) is 1.34. The molecule has 0 amide bonds. The van der Waals surface area contributed by atoms with E-state index in [4.69, 9.17) is 0 Å². The molecule has 2 aromatic rings. The van der Waals surface area contributed by atoms with E-state index in [1.807, 2.05) is 0 Å². The molecule has 0 aliphatic carbocycles. The molecular formula is C8H6F3N3O. The third-order valence-electron chi connectivity index (χ3n) is 1.91. The van der Waals surface area contributed by atoms with Crippen molar-refractivity contribution < 1.29 is 13.2 Å². The van der Waals surface area contributed by atoms with Crippen molar-refractivity contribution in [3.63, 3.8) is 0 Å². The smallest absolute Gasteiger partial charge is 0.305 e. The SMILES string of the molecule is O=c1[nH]c2ccncc2n1CC(F)(F)F. The van der Waals surface area contributed by atoms with Gasteiger partial charge in [-0.3, -0.25) is 9.55 Å². The van der Waals surface area contributed by atoms with Crippen molar-refractivity contribution in [2.75, 3.05) is 0 Å². The highest BCUT2D eigenvalue weighted by molar-refractivity contribution is 5.73. The van der Waals surface area contributed by atoms with Gasteiger partial charge < -0.3 is 4.98 Å². The van der Waals surface area contributed by atoms with Crippen LogP contribution in [0.1, 0.15) is 0 Å². The van der Waals surface area contributed by atoms with Crippen molar-refractivity contribution in [2.45, 2.75) is 12.7 Å². The third-order valence-corrected chi connectivity index (χ3v) is 1.91. The number of halogens is 3. The maximum absolute atomic E-state index is 12.1. The van der Waals surface area contributed by atoms with Crippen molar-refractivity contribution in [1.82, 2.24) is 14.5 Å². The highest BCUT2D eigenvalue weighted by Gasteiger charge is 2.29. The van der Waals surface area contributed by atoms with Crippen LogP contribution in [-0.4, -0.2) is 20.7 Å². The fourth-order valence-corrected chi connectivity index (χ4v) is 1.34. The van der Waals surface area contributed by atoms with E-state index in [0.29, 0.717) is 10.1 Å². The van der Waals surface area contributed by atoms with Crippen molar-refractivity contribution in [1.29, 1.82) is 0 Å². The fraction of sp³-hybridized carbons (Fsp3) is 0.250. The number of hydrogen-bond acceptors (Lipinski definition) is 2. The molecule has 0 radical (unpaired) electrons. The molecule has 0 unspecified atom stereocenters. The lowest BCUT2D eigenvalue weighted by molar-refractivity contribution is -0.140. The van der Waals surface area contributed by atoms with E-state index in [2.05, 4.69) is 9.97 Å². The molecule has 2 heterocycles. The van der Waals surface area contributed by atoms with Crippen LogP contribution in [0.15, 0.2) is 23.3 Å². The van der Waals surface area contributed by atoms with Crippen molar-refractivity contribution in [3.8, 4) is 0 Å². The number of nitrogens with one attached hydrogen (secondary N) is 1. The maximum atomic E-state index is 12.1. The first kappa shape index (κ1) is 9.75. The summed E-state index contributed by atoms with van der Waals surface area (Å²) in [7, 11) is 0. The third kappa shape index (κ3) is 1.85. The number of rotatable bonds is 1. The predicted molar refractivity (Wildman–Crippen MR) is 46.4 cm³/mol. The van der Waals surface area contributed by atoms with Gasteiger partial charge >= 0.3 is 11.9 Å². The number of alkyl halides is 3. The molecule has 0 saturated carbocycles. The molecule has 0 aromatic carbocycles. The summed E-state index contributed by atoms with van der Waals surface area (Å²) in [6.07, 6.45) is -1.80. The minimum absolute atomic E-state index is 0.153. The number of aromatic amines is 1. The van der Waals surface area contributed by atoms with E-state index in [9.17, 15) is 18.0 Å². The molecule has 0 bridgehead atoms. The number of pyridine rings is 1. The Kier molecular flexibility index (Phi) is 2.02. The van der Waals surface area contributed by atoms with Crippen molar-refractivity contribution >= 4 is 11.0 Å². The predicted octanol–water partition coefficient (Wildman–Crippen LogP) is 1.29. The lowest BCUT2D eigenvalue weighted by Crippen LogP contribution is -2.26. The summed E-state index contributed by atoms with van der Waals surface area (Å²) in [6.45, 7) is -1.31. The number of nitrogens with zero attached hydrogens (tertiary/aromatic N) is 2. The molecule has 0 saturated heterocycles. The summed E-state index contributed by atoms with van der Waals surface area (Å²) in [6, 6.07) is 1.45. The van der Waals surface area contributed by atoms with Gasteiger partial charge in [0.25, 0.3) is 0 Å². The Morgan fingerprint density at radius 1 is 1.47 bits per heavy atom. The molecule has 4 nitrogen and oxygen atoms in total. The first-order chi connectivity index (χ1) is 6.97. The molecule has 15 heavy (non-hydrogen) atoms. The quantitative estimate of drug-likeness (QED) is 0.782. The zero-order chi connectivity index (χ0) is 11.1. The van der Waals surface area contributed by atoms with Gasteiger partial charge in [0.15, 0.2) is 0 Å². The van der Waals surface area contributed by atoms with Gasteiger partial charge in [-0.05, 0) is 6.07 Å². The van der Waals surface area contributed by atoms with Crippen LogP contribution in [0, 0.1) is 0 Å². The first-order valence-corrected chi connectivity index (χ1v) is 4.07. The Balaban J connectivity index is 2.60. The molecule has 1 N–H and O–H groups in total. The zero-order valence-electron chi connectivity index (χ0n) is 7.38. The van der Waals surface area contributed by atoms with E-state index in [1.54, 1.807) is 0 Å². The molecule has 0 aliphatic rings. The van der Waals surface area contributed by atoms with Crippen LogP contribution in [0.5, 0.6) is 0 Å². The second kappa shape index (κ2) is 3.11. The molecule has 0 atom stereocenters. The van der Waals surface area contributed by atoms with Crippen molar-refractivity contribution in [3.05, 3.63) is 28.9 Å². The Labute approximate surface area is 81.4 Å². The minimum Gasteiger partial charge on any atom is -0.305 e. The Morgan fingerprint density at radius 3 is 2.87 bits per heavy atom. The van der Waals surface area contributed by atoms with Crippen LogP contribution < -0.4 is 5.69 Å². The van der Waals surface area contributed by atoms with E-state index < -0.39 is 18.4 Å². The second-order valence-electron chi connectivity index (χ2n) is 3.02. The summed E-state index contributed by atoms with van der Waals surface area (Å²) in [5, 5.41) is 0. The van der Waals surface area contributed by atoms with Gasteiger partial charge in [0.05, 0.1) is 17.2 Å². The van der Waals surface area contributed by atoms with Crippen molar-refractivity contribution in [2.24, 2.45) is 0 Å². The average molecular weight is 217 g/mol. The van der Waals surface area contributed by atoms with E-state index in [1.165, 1.54) is 18.5 Å². The van der Waals surface area contributed by atoms with Gasteiger partial charge in [0.2, 0.25) is 0 Å². The molecule has 0 fully saturated rings. The standard InChI is InChI=1S/C8H6F3N3O/c9-8(10,11)4-14-6-3-12-2-1-5(6)13-7(14)15/h1-3H,4H2,(H,13,15). The highest BCUT2D eigenvalue weighted by atomic mass is 19.4. The molecule has 7 heteroatoms. The number of hydrogen-bond donors (Lipinski definition) is 1. The number of imidazole rings is 1. The minimum atomic E-state index is -4.42. The number of aromatic nitrogens is 3. The average Bonchev–Trinajstić information content (AvgIpc) is 2.41. The van der Waals surface area contributed by atoms with Gasteiger partial charge in [0.1, 0.15) is 6.54 Å². The molecule has 0 aliphatic heterocycles. The molecule has 2 rings (SSSR count). The summed E-state index contributed by atoms with van der Waals surface area (Å²) >= 11 is 0. The van der Waals surface area contributed by atoms with Gasteiger partial charge in [0, 0.05) is 6.20 Å². The van der Waals surface area contributed by atoms with Gasteiger partial charge in [-0.1, -0.05) is 0 Å². The summed E-state index contributed by atoms with van der Waals surface area (Å²) in [4.78, 5) is 17.2.